The minimum Gasteiger partial charge on any atom is -0.361 e. The van der Waals surface area contributed by atoms with Gasteiger partial charge in [0, 0.05) is 29.4 Å². The van der Waals surface area contributed by atoms with Crippen molar-refractivity contribution in [1.29, 1.82) is 0 Å². The van der Waals surface area contributed by atoms with E-state index in [2.05, 4.69) is 27.6 Å². The standard InChI is InChI=1S/C13H20N4O/c1-7-12(8(2)16-15-7)6-14-9(3)13-10(4)17-18-11(13)5/h9,14H,6H2,1-5H3,(H,15,16). The Hall–Kier alpha value is -1.62. The number of H-pyrrole nitrogens is 1. The lowest BCUT2D eigenvalue weighted by molar-refractivity contribution is 0.390. The number of aromatic amines is 1. The summed E-state index contributed by atoms with van der Waals surface area (Å²) in [5.41, 5.74) is 5.49. The fraction of sp³-hybridized carbons (Fsp3) is 0.538. The molecule has 5 nitrogen and oxygen atoms in total. The zero-order valence-corrected chi connectivity index (χ0v) is 11.6. The third-order valence-corrected chi connectivity index (χ3v) is 3.39. The lowest BCUT2D eigenvalue weighted by atomic mass is 10.1. The summed E-state index contributed by atoms with van der Waals surface area (Å²) in [6.07, 6.45) is 0. The Labute approximate surface area is 107 Å². The molecule has 0 aliphatic heterocycles. The van der Waals surface area contributed by atoms with Crippen molar-refractivity contribution in [3.63, 3.8) is 0 Å². The van der Waals surface area contributed by atoms with E-state index in [0.717, 1.165) is 35.0 Å². The maximum Gasteiger partial charge on any atom is 0.138 e. The molecule has 2 aromatic heterocycles. The summed E-state index contributed by atoms with van der Waals surface area (Å²) in [5, 5.41) is 14.7. The molecule has 2 aromatic rings. The predicted octanol–water partition coefficient (Wildman–Crippen LogP) is 2.48. The van der Waals surface area contributed by atoms with Crippen LogP contribution in [0.15, 0.2) is 4.52 Å². The summed E-state index contributed by atoms with van der Waals surface area (Å²) in [7, 11) is 0. The van der Waals surface area contributed by atoms with E-state index in [0.29, 0.717) is 0 Å². The third kappa shape index (κ3) is 2.31. The fourth-order valence-corrected chi connectivity index (χ4v) is 2.30. The van der Waals surface area contributed by atoms with Crippen LogP contribution in [-0.2, 0) is 6.54 Å². The maximum atomic E-state index is 5.19. The van der Waals surface area contributed by atoms with E-state index in [1.807, 2.05) is 27.7 Å². The Bertz CT molecular complexity index is 502. The molecule has 0 aliphatic carbocycles. The average molecular weight is 248 g/mol. The van der Waals surface area contributed by atoms with Crippen LogP contribution in [0.3, 0.4) is 0 Å². The van der Waals surface area contributed by atoms with Gasteiger partial charge in [0.25, 0.3) is 0 Å². The molecule has 0 saturated heterocycles. The Kier molecular flexibility index (Phi) is 3.52. The van der Waals surface area contributed by atoms with Gasteiger partial charge in [-0.15, -0.1) is 0 Å². The van der Waals surface area contributed by atoms with Crippen molar-refractivity contribution in [3.05, 3.63) is 34.0 Å². The van der Waals surface area contributed by atoms with E-state index in [4.69, 9.17) is 4.52 Å². The first-order valence-corrected chi connectivity index (χ1v) is 6.17. The Morgan fingerprint density at radius 2 is 1.94 bits per heavy atom. The van der Waals surface area contributed by atoms with Crippen LogP contribution < -0.4 is 5.32 Å². The predicted molar refractivity (Wildman–Crippen MR) is 69.3 cm³/mol. The van der Waals surface area contributed by atoms with E-state index < -0.39 is 0 Å². The van der Waals surface area contributed by atoms with Crippen LogP contribution in [-0.4, -0.2) is 15.4 Å². The third-order valence-electron chi connectivity index (χ3n) is 3.39. The topological polar surface area (TPSA) is 66.7 Å². The number of hydrogen-bond donors (Lipinski definition) is 2. The van der Waals surface area contributed by atoms with Gasteiger partial charge in [-0.3, -0.25) is 5.10 Å². The molecule has 18 heavy (non-hydrogen) atoms. The van der Waals surface area contributed by atoms with Crippen LogP contribution in [0.4, 0.5) is 0 Å². The number of aryl methyl sites for hydroxylation is 4. The summed E-state index contributed by atoms with van der Waals surface area (Å²) in [4.78, 5) is 0. The van der Waals surface area contributed by atoms with Crippen molar-refractivity contribution in [1.82, 2.24) is 20.7 Å². The molecule has 0 fully saturated rings. The smallest absolute Gasteiger partial charge is 0.138 e. The number of nitrogens with one attached hydrogen (secondary N) is 2. The summed E-state index contributed by atoms with van der Waals surface area (Å²) < 4.78 is 5.19. The second kappa shape index (κ2) is 4.94. The van der Waals surface area contributed by atoms with Crippen molar-refractivity contribution >= 4 is 0 Å². The van der Waals surface area contributed by atoms with Crippen molar-refractivity contribution in [2.75, 3.05) is 0 Å². The molecule has 2 rings (SSSR count). The van der Waals surface area contributed by atoms with Crippen LogP contribution >= 0.6 is 0 Å². The van der Waals surface area contributed by atoms with Crippen molar-refractivity contribution in [2.24, 2.45) is 0 Å². The van der Waals surface area contributed by atoms with E-state index in [1.54, 1.807) is 0 Å². The number of hydrogen-bond acceptors (Lipinski definition) is 4. The van der Waals surface area contributed by atoms with Crippen LogP contribution in [0.2, 0.25) is 0 Å². The summed E-state index contributed by atoms with van der Waals surface area (Å²) in [6.45, 7) is 10.9. The summed E-state index contributed by atoms with van der Waals surface area (Å²) in [6, 6.07) is 0.213. The highest BCUT2D eigenvalue weighted by molar-refractivity contribution is 5.26. The Morgan fingerprint density at radius 3 is 2.44 bits per heavy atom. The molecule has 1 unspecified atom stereocenters. The van der Waals surface area contributed by atoms with Gasteiger partial charge < -0.3 is 9.84 Å². The SMILES string of the molecule is Cc1n[nH]c(C)c1CNC(C)c1c(C)noc1C. The monoisotopic (exact) mass is 248 g/mol. The zero-order valence-electron chi connectivity index (χ0n) is 11.6. The first-order chi connectivity index (χ1) is 8.50. The van der Waals surface area contributed by atoms with Gasteiger partial charge in [0.15, 0.2) is 0 Å². The molecule has 0 bridgehead atoms. The van der Waals surface area contributed by atoms with Gasteiger partial charge in [0.1, 0.15) is 5.76 Å². The summed E-state index contributed by atoms with van der Waals surface area (Å²) in [5.74, 6) is 0.883. The van der Waals surface area contributed by atoms with Gasteiger partial charge in [-0.25, -0.2) is 0 Å². The zero-order chi connectivity index (χ0) is 13.3. The fourth-order valence-electron chi connectivity index (χ4n) is 2.30. The molecular weight excluding hydrogens is 228 g/mol. The van der Waals surface area contributed by atoms with Crippen LogP contribution in [0, 0.1) is 27.7 Å². The molecule has 0 spiro atoms. The quantitative estimate of drug-likeness (QED) is 0.872. The van der Waals surface area contributed by atoms with E-state index >= 15 is 0 Å². The molecular formula is C13H20N4O. The highest BCUT2D eigenvalue weighted by Gasteiger charge is 2.16. The molecule has 0 aliphatic rings. The Balaban J connectivity index is 2.07. The number of nitrogens with zero attached hydrogens (tertiary/aromatic N) is 2. The average Bonchev–Trinajstić information content (AvgIpc) is 2.81. The first-order valence-electron chi connectivity index (χ1n) is 6.17. The highest BCUT2D eigenvalue weighted by atomic mass is 16.5. The van der Waals surface area contributed by atoms with Crippen molar-refractivity contribution < 1.29 is 4.52 Å². The second-order valence-electron chi connectivity index (χ2n) is 4.75. The lowest BCUT2D eigenvalue weighted by Crippen LogP contribution is -2.19. The van der Waals surface area contributed by atoms with E-state index in [9.17, 15) is 0 Å². The molecule has 0 amide bonds. The number of rotatable bonds is 4. The minimum absolute atomic E-state index is 0.213. The van der Waals surface area contributed by atoms with Gasteiger partial charge >= 0.3 is 0 Å². The molecule has 0 radical (unpaired) electrons. The largest absolute Gasteiger partial charge is 0.361 e. The molecule has 2 N–H and O–H groups in total. The van der Waals surface area contributed by atoms with Crippen molar-refractivity contribution in [2.45, 2.75) is 47.2 Å². The van der Waals surface area contributed by atoms with Gasteiger partial charge in [-0.05, 0) is 34.6 Å². The van der Waals surface area contributed by atoms with Gasteiger partial charge in [-0.1, -0.05) is 5.16 Å². The van der Waals surface area contributed by atoms with Gasteiger partial charge in [0.05, 0.1) is 11.4 Å². The molecule has 0 saturated carbocycles. The highest BCUT2D eigenvalue weighted by Crippen LogP contribution is 2.21. The van der Waals surface area contributed by atoms with Crippen molar-refractivity contribution in [3.8, 4) is 0 Å². The van der Waals surface area contributed by atoms with Gasteiger partial charge in [0.2, 0.25) is 0 Å². The van der Waals surface area contributed by atoms with Crippen LogP contribution in [0.25, 0.3) is 0 Å². The van der Waals surface area contributed by atoms with E-state index in [-0.39, 0.29) is 6.04 Å². The summed E-state index contributed by atoms with van der Waals surface area (Å²) >= 11 is 0. The molecule has 98 valence electrons. The normalized spacial score (nSPS) is 12.9. The second-order valence-corrected chi connectivity index (χ2v) is 4.75. The van der Waals surface area contributed by atoms with Crippen LogP contribution in [0.1, 0.15) is 46.9 Å². The molecule has 2 heterocycles. The molecule has 1 atom stereocenters. The lowest BCUT2D eigenvalue weighted by Gasteiger charge is -2.13. The minimum atomic E-state index is 0.213. The first kappa shape index (κ1) is 12.8. The molecule has 5 heteroatoms. The molecule has 0 aromatic carbocycles. The van der Waals surface area contributed by atoms with E-state index in [1.165, 1.54) is 5.56 Å². The Morgan fingerprint density at radius 1 is 1.22 bits per heavy atom. The van der Waals surface area contributed by atoms with Crippen LogP contribution in [0.5, 0.6) is 0 Å². The maximum absolute atomic E-state index is 5.19. The number of aromatic nitrogens is 3. The van der Waals surface area contributed by atoms with Gasteiger partial charge in [-0.2, -0.15) is 5.10 Å².